The van der Waals surface area contributed by atoms with Crippen molar-refractivity contribution in [3.05, 3.63) is 35.4 Å². The maximum Gasteiger partial charge on any atom is 0.0646 e. The lowest BCUT2D eigenvalue weighted by Crippen LogP contribution is -2.42. The summed E-state index contributed by atoms with van der Waals surface area (Å²) in [6, 6.07) is 8.44. The van der Waals surface area contributed by atoms with Gasteiger partial charge in [0.2, 0.25) is 0 Å². The zero-order valence-corrected chi connectivity index (χ0v) is 9.83. The molecule has 0 bridgehead atoms. The lowest BCUT2D eigenvalue weighted by Gasteiger charge is -2.23. The van der Waals surface area contributed by atoms with E-state index in [1.54, 1.807) is 0 Å². The third-order valence-electron chi connectivity index (χ3n) is 3.20. The quantitative estimate of drug-likeness (QED) is 0.806. The van der Waals surface area contributed by atoms with Crippen LogP contribution < -0.4 is 11.1 Å². The molecule has 3 N–H and O–H groups in total. The van der Waals surface area contributed by atoms with E-state index in [4.69, 9.17) is 10.5 Å². The average molecular weight is 220 g/mol. The molecule has 16 heavy (non-hydrogen) atoms. The zero-order chi connectivity index (χ0) is 11.4. The van der Waals surface area contributed by atoms with Crippen LogP contribution in [0.4, 0.5) is 0 Å². The Morgan fingerprint density at radius 3 is 2.56 bits per heavy atom. The van der Waals surface area contributed by atoms with Crippen LogP contribution in [-0.2, 0) is 17.8 Å². The number of nitrogens with two attached hydrogens (primary N) is 1. The smallest absolute Gasteiger partial charge is 0.0646 e. The van der Waals surface area contributed by atoms with Crippen molar-refractivity contribution in [1.82, 2.24) is 5.32 Å². The second-order valence-electron chi connectivity index (χ2n) is 4.74. The Morgan fingerprint density at radius 1 is 1.31 bits per heavy atom. The summed E-state index contributed by atoms with van der Waals surface area (Å²) in [6.07, 6.45) is 1.09. The molecule has 1 fully saturated rings. The van der Waals surface area contributed by atoms with Gasteiger partial charge in [0.15, 0.2) is 0 Å². The Hall–Kier alpha value is -0.900. The molecule has 1 aromatic carbocycles. The number of hydrogen-bond donors (Lipinski definition) is 2. The molecule has 0 amide bonds. The molecule has 1 saturated heterocycles. The van der Waals surface area contributed by atoms with Crippen LogP contribution in [0.15, 0.2) is 24.3 Å². The highest BCUT2D eigenvalue weighted by Crippen LogP contribution is 2.18. The Morgan fingerprint density at radius 2 is 2.00 bits per heavy atom. The summed E-state index contributed by atoms with van der Waals surface area (Å²) in [6.45, 7) is 5.40. The summed E-state index contributed by atoms with van der Waals surface area (Å²) in [5, 5.41) is 3.56. The van der Waals surface area contributed by atoms with Gasteiger partial charge in [-0.05, 0) is 24.5 Å². The van der Waals surface area contributed by atoms with Gasteiger partial charge in [0.05, 0.1) is 6.61 Å². The highest BCUT2D eigenvalue weighted by Gasteiger charge is 2.28. The molecule has 2 rings (SSSR count). The van der Waals surface area contributed by atoms with Gasteiger partial charge in [0, 0.05) is 25.2 Å². The van der Waals surface area contributed by atoms with E-state index in [0.717, 1.165) is 26.2 Å². The molecule has 0 aromatic heterocycles. The Balaban J connectivity index is 1.89. The summed E-state index contributed by atoms with van der Waals surface area (Å²) in [5.74, 6) is 0. The zero-order valence-electron chi connectivity index (χ0n) is 9.83. The molecular formula is C13H20N2O. The monoisotopic (exact) mass is 220 g/mol. The van der Waals surface area contributed by atoms with Crippen molar-refractivity contribution in [2.45, 2.75) is 32.0 Å². The third-order valence-corrected chi connectivity index (χ3v) is 3.20. The fraction of sp³-hybridized carbons (Fsp3) is 0.538. The van der Waals surface area contributed by atoms with Crippen molar-refractivity contribution >= 4 is 0 Å². The molecular weight excluding hydrogens is 200 g/mol. The first-order valence-electron chi connectivity index (χ1n) is 5.82. The molecule has 1 atom stereocenters. The van der Waals surface area contributed by atoms with Crippen molar-refractivity contribution in [3.63, 3.8) is 0 Å². The fourth-order valence-electron chi connectivity index (χ4n) is 1.92. The average Bonchev–Trinajstić information content (AvgIpc) is 2.75. The third kappa shape index (κ3) is 2.82. The predicted molar refractivity (Wildman–Crippen MR) is 65.0 cm³/mol. The molecule has 1 unspecified atom stereocenters. The molecule has 88 valence electrons. The van der Waals surface area contributed by atoms with Crippen LogP contribution in [0.3, 0.4) is 0 Å². The molecule has 1 heterocycles. The number of hydrogen-bond acceptors (Lipinski definition) is 3. The first kappa shape index (κ1) is 11.6. The molecule has 3 nitrogen and oxygen atoms in total. The van der Waals surface area contributed by atoms with E-state index >= 15 is 0 Å². The highest BCUT2D eigenvalue weighted by atomic mass is 16.5. The van der Waals surface area contributed by atoms with Crippen LogP contribution >= 0.6 is 0 Å². The molecule has 0 aliphatic carbocycles. The standard InChI is InChI=1S/C13H20N2O/c1-13(6-7-16-10-13)15-9-12-4-2-11(8-14)3-5-12/h2-5,15H,6-10,14H2,1H3. The number of benzene rings is 1. The van der Waals surface area contributed by atoms with Crippen molar-refractivity contribution in [3.8, 4) is 0 Å². The van der Waals surface area contributed by atoms with Gasteiger partial charge in [-0.15, -0.1) is 0 Å². The van der Waals surface area contributed by atoms with Crippen molar-refractivity contribution in [2.24, 2.45) is 5.73 Å². The van der Waals surface area contributed by atoms with Crippen molar-refractivity contribution in [1.29, 1.82) is 0 Å². The first-order valence-corrected chi connectivity index (χ1v) is 5.82. The molecule has 0 spiro atoms. The number of nitrogens with one attached hydrogen (secondary N) is 1. The number of ether oxygens (including phenoxy) is 1. The van der Waals surface area contributed by atoms with Crippen LogP contribution in [0.25, 0.3) is 0 Å². The van der Waals surface area contributed by atoms with Crippen molar-refractivity contribution < 1.29 is 4.74 Å². The summed E-state index contributed by atoms with van der Waals surface area (Å²) in [5.41, 5.74) is 8.18. The van der Waals surface area contributed by atoms with Gasteiger partial charge >= 0.3 is 0 Å². The largest absolute Gasteiger partial charge is 0.379 e. The highest BCUT2D eigenvalue weighted by molar-refractivity contribution is 5.22. The molecule has 1 aliphatic rings. The van der Waals surface area contributed by atoms with E-state index in [9.17, 15) is 0 Å². The minimum absolute atomic E-state index is 0.145. The molecule has 1 aromatic rings. The van der Waals surface area contributed by atoms with E-state index in [-0.39, 0.29) is 5.54 Å². The maximum atomic E-state index is 5.56. The lowest BCUT2D eigenvalue weighted by molar-refractivity contribution is 0.171. The molecule has 3 heteroatoms. The summed E-state index contributed by atoms with van der Waals surface area (Å²) in [4.78, 5) is 0. The Labute approximate surface area is 97.0 Å². The summed E-state index contributed by atoms with van der Waals surface area (Å²) >= 11 is 0. The fourth-order valence-corrected chi connectivity index (χ4v) is 1.92. The van der Waals surface area contributed by atoms with Crippen LogP contribution in [-0.4, -0.2) is 18.8 Å². The van der Waals surface area contributed by atoms with E-state index in [1.165, 1.54) is 11.1 Å². The van der Waals surface area contributed by atoms with E-state index in [2.05, 4.69) is 36.5 Å². The van der Waals surface area contributed by atoms with Crippen LogP contribution in [0.1, 0.15) is 24.5 Å². The molecule has 0 saturated carbocycles. The topological polar surface area (TPSA) is 47.3 Å². The van der Waals surface area contributed by atoms with Gasteiger partial charge < -0.3 is 15.8 Å². The van der Waals surface area contributed by atoms with Gasteiger partial charge in [-0.3, -0.25) is 0 Å². The lowest BCUT2D eigenvalue weighted by atomic mass is 10.0. The summed E-state index contributed by atoms with van der Waals surface area (Å²) in [7, 11) is 0. The minimum Gasteiger partial charge on any atom is -0.379 e. The molecule has 1 aliphatic heterocycles. The Bertz CT molecular complexity index is 328. The van der Waals surface area contributed by atoms with Gasteiger partial charge in [0.25, 0.3) is 0 Å². The van der Waals surface area contributed by atoms with Crippen LogP contribution in [0.2, 0.25) is 0 Å². The van der Waals surface area contributed by atoms with E-state index in [0.29, 0.717) is 6.54 Å². The number of rotatable bonds is 4. The minimum atomic E-state index is 0.145. The van der Waals surface area contributed by atoms with E-state index in [1.807, 2.05) is 0 Å². The second kappa shape index (κ2) is 4.95. The second-order valence-corrected chi connectivity index (χ2v) is 4.74. The maximum absolute atomic E-state index is 5.56. The SMILES string of the molecule is CC1(NCc2ccc(CN)cc2)CCOC1. The van der Waals surface area contributed by atoms with Gasteiger partial charge in [-0.1, -0.05) is 24.3 Å². The van der Waals surface area contributed by atoms with Gasteiger partial charge in [-0.25, -0.2) is 0 Å². The van der Waals surface area contributed by atoms with Crippen molar-refractivity contribution in [2.75, 3.05) is 13.2 Å². The van der Waals surface area contributed by atoms with E-state index < -0.39 is 0 Å². The van der Waals surface area contributed by atoms with Gasteiger partial charge in [-0.2, -0.15) is 0 Å². The van der Waals surface area contributed by atoms with Crippen LogP contribution in [0, 0.1) is 0 Å². The predicted octanol–water partition coefficient (Wildman–Crippen LogP) is 1.41. The molecule has 0 radical (unpaired) electrons. The summed E-state index contributed by atoms with van der Waals surface area (Å²) < 4.78 is 5.41. The Kier molecular flexibility index (Phi) is 3.59. The first-order chi connectivity index (χ1) is 7.72. The van der Waals surface area contributed by atoms with Gasteiger partial charge in [0.1, 0.15) is 0 Å². The van der Waals surface area contributed by atoms with Crippen LogP contribution in [0.5, 0.6) is 0 Å². The normalized spacial score (nSPS) is 24.9.